The summed E-state index contributed by atoms with van der Waals surface area (Å²) >= 11 is 14.4. The van der Waals surface area contributed by atoms with Crippen molar-refractivity contribution in [2.24, 2.45) is 0 Å². The molecular formula is C14H8Cl2N4O4S2. The highest BCUT2D eigenvalue weighted by atomic mass is 35.5. The SMILES string of the molecule is O=C(Cn1cc([N+](=O)[O-])ccc1=O)Nc1nc(-c2cc(Cl)sc2Cl)cs1. The smallest absolute Gasteiger partial charge is 0.285 e. The first kappa shape index (κ1) is 18.5. The van der Waals surface area contributed by atoms with Crippen molar-refractivity contribution in [2.75, 3.05) is 5.32 Å². The number of aromatic nitrogens is 2. The highest BCUT2D eigenvalue weighted by Crippen LogP contribution is 2.38. The molecule has 8 nitrogen and oxygen atoms in total. The van der Waals surface area contributed by atoms with Crippen LogP contribution in [0.1, 0.15) is 0 Å². The van der Waals surface area contributed by atoms with Gasteiger partial charge in [-0.05, 0) is 6.07 Å². The zero-order valence-corrected chi connectivity index (χ0v) is 15.8. The molecule has 3 aromatic rings. The van der Waals surface area contributed by atoms with Crippen LogP contribution in [0.3, 0.4) is 0 Å². The van der Waals surface area contributed by atoms with Crippen LogP contribution in [0.5, 0.6) is 0 Å². The molecule has 134 valence electrons. The van der Waals surface area contributed by atoms with Crippen LogP contribution in [-0.4, -0.2) is 20.4 Å². The van der Waals surface area contributed by atoms with E-state index in [4.69, 9.17) is 23.2 Å². The van der Waals surface area contributed by atoms with Gasteiger partial charge in [0, 0.05) is 23.1 Å². The van der Waals surface area contributed by atoms with E-state index in [2.05, 4.69) is 10.3 Å². The molecule has 0 atom stereocenters. The summed E-state index contributed by atoms with van der Waals surface area (Å²) in [7, 11) is 0. The maximum Gasteiger partial charge on any atom is 0.285 e. The van der Waals surface area contributed by atoms with Gasteiger partial charge in [-0.1, -0.05) is 23.2 Å². The second-order valence-electron chi connectivity index (χ2n) is 4.93. The lowest BCUT2D eigenvalue weighted by molar-refractivity contribution is -0.385. The van der Waals surface area contributed by atoms with Gasteiger partial charge in [0.1, 0.15) is 10.9 Å². The van der Waals surface area contributed by atoms with Crippen LogP contribution in [0.2, 0.25) is 8.67 Å². The Balaban J connectivity index is 1.73. The second-order valence-corrected chi connectivity index (χ2v) is 8.08. The van der Waals surface area contributed by atoms with Crippen molar-refractivity contribution < 1.29 is 9.72 Å². The third-order valence-corrected chi connectivity index (χ3v) is 5.42. The molecule has 3 aromatic heterocycles. The average molecular weight is 431 g/mol. The highest BCUT2D eigenvalue weighted by molar-refractivity contribution is 7.20. The number of carbonyl (C=O) groups excluding carboxylic acids is 1. The number of nitrogens with zero attached hydrogens (tertiary/aromatic N) is 3. The predicted octanol–water partition coefficient (Wildman–Crippen LogP) is 3.89. The van der Waals surface area contributed by atoms with Gasteiger partial charge in [0.2, 0.25) is 5.91 Å². The number of rotatable bonds is 5. The van der Waals surface area contributed by atoms with Gasteiger partial charge in [-0.25, -0.2) is 4.98 Å². The van der Waals surface area contributed by atoms with Crippen molar-refractivity contribution in [1.29, 1.82) is 0 Å². The molecule has 1 N–H and O–H groups in total. The first-order chi connectivity index (χ1) is 12.3. The van der Waals surface area contributed by atoms with Crippen LogP contribution < -0.4 is 10.9 Å². The van der Waals surface area contributed by atoms with E-state index in [0.717, 1.165) is 22.9 Å². The molecule has 0 spiro atoms. The Kier molecular flexibility index (Phi) is 5.37. The molecule has 3 heterocycles. The molecule has 0 aromatic carbocycles. The normalized spacial score (nSPS) is 10.7. The number of thiazole rings is 1. The Hall–Kier alpha value is -2.27. The van der Waals surface area contributed by atoms with Crippen molar-refractivity contribution in [1.82, 2.24) is 9.55 Å². The van der Waals surface area contributed by atoms with E-state index in [1.54, 1.807) is 11.4 Å². The first-order valence-electron chi connectivity index (χ1n) is 6.89. The summed E-state index contributed by atoms with van der Waals surface area (Å²) in [5.41, 5.74) is 0.419. The molecule has 12 heteroatoms. The summed E-state index contributed by atoms with van der Waals surface area (Å²) in [5.74, 6) is -0.539. The molecule has 0 aliphatic heterocycles. The number of nitrogens with one attached hydrogen (secondary N) is 1. The van der Waals surface area contributed by atoms with Gasteiger partial charge < -0.3 is 5.32 Å². The fraction of sp³-hybridized carbons (Fsp3) is 0.0714. The van der Waals surface area contributed by atoms with Crippen molar-refractivity contribution in [3.05, 3.63) is 58.9 Å². The topological polar surface area (TPSA) is 107 Å². The maximum absolute atomic E-state index is 12.1. The fourth-order valence-corrected chi connectivity index (χ4v) is 4.24. The highest BCUT2D eigenvalue weighted by Gasteiger charge is 2.15. The Morgan fingerprint density at radius 2 is 2.15 bits per heavy atom. The monoisotopic (exact) mass is 430 g/mol. The van der Waals surface area contributed by atoms with Crippen LogP contribution in [0.15, 0.2) is 34.6 Å². The lowest BCUT2D eigenvalue weighted by Gasteiger charge is -2.04. The quantitative estimate of drug-likeness (QED) is 0.487. The molecule has 1 amide bonds. The molecule has 0 saturated carbocycles. The molecule has 0 aliphatic carbocycles. The van der Waals surface area contributed by atoms with Crippen LogP contribution >= 0.6 is 45.9 Å². The van der Waals surface area contributed by atoms with Gasteiger partial charge in [0.15, 0.2) is 5.13 Å². The number of thiophene rings is 1. The minimum atomic E-state index is -0.642. The molecule has 0 aliphatic rings. The average Bonchev–Trinajstić information content (AvgIpc) is 3.15. The van der Waals surface area contributed by atoms with E-state index < -0.39 is 16.4 Å². The summed E-state index contributed by atoms with van der Waals surface area (Å²) in [6, 6.07) is 3.80. The number of hydrogen-bond acceptors (Lipinski definition) is 7. The summed E-state index contributed by atoms with van der Waals surface area (Å²) in [4.78, 5) is 38.2. The summed E-state index contributed by atoms with van der Waals surface area (Å²) in [6.07, 6.45) is 1.02. The van der Waals surface area contributed by atoms with Crippen molar-refractivity contribution >= 4 is 62.6 Å². The largest absolute Gasteiger partial charge is 0.300 e. The maximum atomic E-state index is 12.1. The van der Waals surface area contributed by atoms with E-state index in [9.17, 15) is 19.7 Å². The lowest BCUT2D eigenvalue weighted by Crippen LogP contribution is -2.26. The number of halogens is 2. The van der Waals surface area contributed by atoms with E-state index in [0.29, 0.717) is 25.1 Å². The number of anilines is 1. The molecular weight excluding hydrogens is 423 g/mol. The second kappa shape index (κ2) is 7.54. The summed E-state index contributed by atoms with van der Waals surface area (Å²) in [5, 5.41) is 15.3. The summed E-state index contributed by atoms with van der Waals surface area (Å²) < 4.78 is 1.97. The van der Waals surface area contributed by atoms with Gasteiger partial charge in [0.05, 0.1) is 21.2 Å². The molecule has 0 fully saturated rings. The van der Waals surface area contributed by atoms with E-state index in [1.807, 2.05) is 0 Å². The van der Waals surface area contributed by atoms with E-state index in [1.165, 1.54) is 22.7 Å². The van der Waals surface area contributed by atoms with Crippen molar-refractivity contribution in [3.63, 3.8) is 0 Å². The van der Waals surface area contributed by atoms with E-state index >= 15 is 0 Å². The number of pyridine rings is 1. The van der Waals surface area contributed by atoms with Crippen molar-refractivity contribution in [3.8, 4) is 11.3 Å². The molecule has 0 bridgehead atoms. The third kappa shape index (κ3) is 4.10. The van der Waals surface area contributed by atoms with Crippen LogP contribution in [0, 0.1) is 10.1 Å². The zero-order valence-electron chi connectivity index (χ0n) is 12.6. The minimum Gasteiger partial charge on any atom is -0.300 e. The standard InChI is InChI=1S/C14H8Cl2N4O4S2/c15-10-3-8(13(16)26-10)9-6-25-14(17-9)18-11(21)5-19-4-7(20(23)24)1-2-12(19)22/h1-4,6H,5H2,(H,17,18,21). The lowest BCUT2D eigenvalue weighted by atomic mass is 10.3. The Bertz CT molecular complexity index is 1060. The molecule has 0 unspecified atom stereocenters. The minimum absolute atomic E-state index is 0.280. The third-order valence-electron chi connectivity index (χ3n) is 3.18. The number of carbonyl (C=O) groups is 1. The van der Waals surface area contributed by atoms with Gasteiger partial charge in [-0.2, -0.15) is 0 Å². The van der Waals surface area contributed by atoms with E-state index in [-0.39, 0.29) is 12.2 Å². The zero-order chi connectivity index (χ0) is 18.8. The molecule has 0 saturated heterocycles. The number of nitro groups is 1. The Morgan fingerprint density at radius 1 is 1.38 bits per heavy atom. The van der Waals surface area contributed by atoms with Gasteiger partial charge >= 0.3 is 0 Å². The Morgan fingerprint density at radius 3 is 2.81 bits per heavy atom. The number of amides is 1. The molecule has 3 rings (SSSR count). The van der Waals surface area contributed by atoms with Crippen molar-refractivity contribution in [2.45, 2.75) is 6.54 Å². The van der Waals surface area contributed by atoms with Crippen LogP contribution in [-0.2, 0) is 11.3 Å². The fourth-order valence-electron chi connectivity index (χ4n) is 2.03. The van der Waals surface area contributed by atoms with Gasteiger partial charge in [0.25, 0.3) is 11.2 Å². The molecule has 26 heavy (non-hydrogen) atoms. The Labute approximate surface area is 163 Å². The van der Waals surface area contributed by atoms with Gasteiger partial charge in [-0.3, -0.25) is 24.3 Å². The predicted molar refractivity (Wildman–Crippen MR) is 101 cm³/mol. The van der Waals surface area contributed by atoms with Gasteiger partial charge in [-0.15, -0.1) is 22.7 Å². The van der Waals surface area contributed by atoms with Crippen LogP contribution in [0.4, 0.5) is 10.8 Å². The van der Waals surface area contributed by atoms with Crippen LogP contribution in [0.25, 0.3) is 11.3 Å². The first-order valence-corrected chi connectivity index (χ1v) is 9.34. The molecule has 0 radical (unpaired) electrons. The number of hydrogen-bond donors (Lipinski definition) is 1. The summed E-state index contributed by atoms with van der Waals surface area (Å²) in [6.45, 7) is -0.375.